The van der Waals surface area contributed by atoms with Crippen molar-refractivity contribution in [2.75, 3.05) is 5.32 Å². The summed E-state index contributed by atoms with van der Waals surface area (Å²) in [6.07, 6.45) is 3.99. The zero-order chi connectivity index (χ0) is 15.4. The summed E-state index contributed by atoms with van der Waals surface area (Å²) in [5, 5.41) is 28.3. The summed E-state index contributed by atoms with van der Waals surface area (Å²) in [5.41, 5.74) is 4.98. The van der Waals surface area contributed by atoms with Crippen LogP contribution in [0.1, 0.15) is 29.9 Å². The Kier molecular flexibility index (Phi) is 2.39. The van der Waals surface area contributed by atoms with Crippen LogP contribution in [0.4, 0.5) is 5.82 Å². The predicted molar refractivity (Wildman–Crippen MR) is 81.2 cm³/mol. The average molecular weight is 304 g/mol. The van der Waals surface area contributed by atoms with Gasteiger partial charge < -0.3 is 5.32 Å². The molecule has 0 spiro atoms. The molecule has 3 heterocycles. The number of nitrogens with zero attached hydrogens (tertiary/aromatic N) is 4. The molecule has 2 aromatic heterocycles. The lowest BCUT2D eigenvalue weighted by atomic mass is 9.82. The van der Waals surface area contributed by atoms with E-state index in [1.54, 1.807) is 6.20 Å². The topological polar surface area (TPSA) is 103 Å². The van der Waals surface area contributed by atoms with Gasteiger partial charge in [0.2, 0.25) is 0 Å². The zero-order valence-corrected chi connectivity index (χ0v) is 12.1. The highest BCUT2D eigenvalue weighted by Gasteiger charge is 2.38. The molecule has 23 heavy (non-hydrogen) atoms. The van der Waals surface area contributed by atoms with Crippen LogP contribution in [-0.2, 0) is 0 Å². The molecule has 1 atom stereocenters. The molecular formula is C16H12N6O. The second-order valence-corrected chi connectivity index (χ2v) is 5.95. The van der Waals surface area contributed by atoms with Crippen molar-refractivity contribution in [1.29, 1.82) is 5.26 Å². The minimum atomic E-state index is -0.207. The maximum atomic E-state index is 9.82. The van der Waals surface area contributed by atoms with Gasteiger partial charge in [-0.3, -0.25) is 5.10 Å². The minimum absolute atomic E-state index is 0.207. The quantitative estimate of drug-likeness (QED) is 0.754. The van der Waals surface area contributed by atoms with E-state index < -0.39 is 0 Å². The molecule has 1 fully saturated rings. The fraction of sp³-hybridized carbons (Fsp3) is 0.250. The average Bonchev–Trinajstić information content (AvgIpc) is 3.12. The largest absolute Gasteiger partial charge is 0.343 e. The first-order chi connectivity index (χ1) is 11.4. The molecule has 3 aromatic rings. The Morgan fingerprint density at radius 1 is 1.22 bits per heavy atom. The summed E-state index contributed by atoms with van der Waals surface area (Å²) < 4.78 is 4.88. The fourth-order valence-corrected chi connectivity index (χ4v) is 3.33. The Morgan fingerprint density at radius 3 is 2.96 bits per heavy atom. The van der Waals surface area contributed by atoms with Crippen LogP contribution < -0.4 is 5.32 Å². The number of hydrogen-bond acceptors (Lipinski definition) is 6. The van der Waals surface area contributed by atoms with Crippen LogP contribution in [0.2, 0.25) is 0 Å². The Labute approximate surface area is 130 Å². The normalized spacial score (nSPS) is 20.2. The molecule has 5 rings (SSSR count). The molecule has 1 aliphatic heterocycles. The summed E-state index contributed by atoms with van der Waals surface area (Å²) in [6, 6.07) is 8.15. The van der Waals surface area contributed by atoms with Gasteiger partial charge in [0.15, 0.2) is 0 Å². The van der Waals surface area contributed by atoms with E-state index in [0.717, 1.165) is 41.1 Å². The molecule has 1 aromatic carbocycles. The van der Waals surface area contributed by atoms with Crippen LogP contribution in [0.15, 0.2) is 40.3 Å². The van der Waals surface area contributed by atoms with Crippen molar-refractivity contribution in [1.82, 2.24) is 20.5 Å². The molecule has 0 saturated heterocycles. The maximum Gasteiger partial charge on any atom is 0.139 e. The first-order valence-corrected chi connectivity index (χ1v) is 7.52. The molecule has 1 saturated carbocycles. The molecule has 112 valence electrons. The van der Waals surface area contributed by atoms with Crippen LogP contribution in [0.5, 0.6) is 0 Å². The summed E-state index contributed by atoms with van der Waals surface area (Å²) in [6.45, 7) is 0. The van der Waals surface area contributed by atoms with E-state index in [9.17, 15) is 5.26 Å². The second-order valence-electron chi connectivity index (χ2n) is 5.95. The standard InChI is InChI=1S/C16H12N6O/c17-6-10-13(9-2-1-3-12-15(9)22-23-21-12)11-7-18-20-16(11)19-14(10)8-4-5-8/h1-3,7-8,13H,4-5H2,(H2,18,19,20). The van der Waals surface area contributed by atoms with Crippen LogP contribution in [0.25, 0.3) is 11.0 Å². The number of rotatable bonds is 2. The van der Waals surface area contributed by atoms with Gasteiger partial charge in [-0.15, -0.1) is 0 Å². The molecule has 0 bridgehead atoms. The SMILES string of the molecule is N#CC1=C(C2CC2)Nc2[nH]ncc2C1c1cccc2nonc12. The van der Waals surface area contributed by atoms with Crippen molar-refractivity contribution in [3.05, 3.63) is 46.8 Å². The van der Waals surface area contributed by atoms with Crippen molar-refractivity contribution in [2.24, 2.45) is 5.92 Å². The number of benzene rings is 1. The minimum Gasteiger partial charge on any atom is -0.343 e. The monoisotopic (exact) mass is 304 g/mol. The Morgan fingerprint density at radius 2 is 2.13 bits per heavy atom. The summed E-state index contributed by atoms with van der Waals surface area (Å²) in [5.74, 6) is 1.07. The number of nitriles is 1. The van der Waals surface area contributed by atoms with E-state index in [0.29, 0.717) is 17.0 Å². The first-order valence-electron chi connectivity index (χ1n) is 7.52. The van der Waals surface area contributed by atoms with Crippen LogP contribution in [-0.4, -0.2) is 20.5 Å². The van der Waals surface area contributed by atoms with E-state index in [1.165, 1.54) is 0 Å². The van der Waals surface area contributed by atoms with Gasteiger partial charge in [-0.25, -0.2) is 4.63 Å². The molecule has 7 nitrogen and oxygen atoms in total. The molecule has 0 radical (unpaired) electrons. The highest BCUT2D eigenvalue weighted by Crippen LogP contribution is 2.48. The Balaban J connectivity index is 1.80. The zero-order valence-electron chi connectivity index (χ0n) is 12.1. The summed E-state index contributed by atoms with van der Waals surface area (Å²) in [4.78, 5) is 0. The van der Waals surface area contributed by atoms with Crippen molar-refractivity contribution in [2.45, 2.75) is 18.8 Å². The fourth-order valence-electron chi connectivity index (χ4n) is 3.33. The molecule has 1 aliphatic carbocycles. The van der Waals surface area contributed by atoms with Gasteiger partial charge in [-0.05, 0) is 34.8 Å². The van der Waals surface area contributed by atoms with Gasteiger partial charge in [0.1, 0.15) is 16.9 Å². The molecule has 2 aliphatic rings. The highest BCUT2D eigenvalue weighted by atomic mass is 16.6. The third kappa shape index (κ3) is 1.72. The van der Waals surface area contributed by atoms with Gasteiger partial charge >= 0.3 is 0 Å². The summed E-state index contributed by atoms with van der Waals surface area (Å²) >= 11 is 0. The van der Waals surface area contributed by atoms with E-state index in [1.807, 2.05) is 18.2 Å². The molecule has 0 amide bonds. The molecular weight excluding hydrogens is 292 g/mol. The third-order valence-electron chi connectivity index (χ3n) is 4.55. The number of H-pyrrole nitrogens is 1. The number of aromatic nitrogens is 4. The summed E-state index contributed by atoms with van der Waals surface area (Å²) in [7, 11) is 0. The maximum absolute atomic E-state index is 9.82. The van der Waals surface area contributed by atoms with Gasteiger partial charge in [0.25, 0.3) is 0 Å². The van der Waals surface area contributed by atoms with Gasteiger partial charge in [-0.2, -0.15) is 10.4 Å². The van der Waals surface area contributed by atoms with Crippen LogP contribution >= 0.6 is 0 Å². The number of aromatic amines is 1. The number of anilines is 1. The first kappa shape index (κ1) is 12.4. The van der Waals surface area contributed by atoms with E-state index in [4.69, 9.17) is 4.63 Å². The van der Waals surface area contributed by atoms with E-state index in [-0.39, 0.29) is 5.92 Å². The van der Waals surface area contributed by atoms with Crippen molar-refractivity contribution < 1.29 is 4.63 Å². The van der Waals surface area contributed by atoms with Gasteiger partial charge in [-0.1, -0.05) is 12.1 Å². The lowest BCUT2D eigenvalue weighted by Gasteiger charge is -2.26. The Hall–Kier alpha value is -3.14. The van der Waals surface area contributed by atoms with Crippen molar-refractivity contribution in [3.63, 3.8) is 0 Å². The number of nitrogens with one attached hydrogen (secondary N) is 2. The van der Waals surface area contributed by atoms with Crippen LogP contribution in [0.3, 0.4) is 0 Å². The van der Waals surface area contributed by atoms with Gasteiger partial charge in [0.05, 0.1) is 23.8 Å². The smallest absolute Gasteiger partial charge is 0.139 e. The molecule has 2 N–H and O–H groups in total. The lowest BCUT2D eigenvalue weighted by molar-refractivity contribution is 0.315. The van der Waals surface area contributed by atoms with E-state index in [2.05, 4.69) is 31.9 Å². The number of fused-ring (bicyclic) bond motifs is 2. The van der Waals surface area contributed by atoms with Crippen molar-refractivity contribution in [3.8, 4) is 6.07 Å². The highest BCUT2D eigenvalue weighted by molar-refractivity contribution is 5.80. The van der Waals surface area contributed by atoms with Crippen LogP contribution in [0, 0.1) is 17.2 Å². The second kappa shape index (κ2) is 4.43. The van der Waals surface area contributed by atoms with Gasteiger partial charge in [0, 0.05) is 17.2 Å². The predicted octanol–water partition coefficient (Wildman–Crippen LogP) is 2.69. The van der Waals surface area contributed by atoms with E-state index >= 15 is 0 Å². The lowest BCUT2D eigenvalue weighted by Crippen LogP contribution is -2.19. The third-order valence-corrected chi connectivity index (χ3v) is 4.55. The number of allylic oxidation sites excluding steroid dienone is 2. The molecule has 1 unspecified atom stereocenters. The van der Waals surface area contributed by atoms with Crippen molar-refractivity contribution >= 4 is 16.9 Å². The number of hydrogen-bond donors (Lipinski definition) is 2. The Bertz CT molecular complexity index is 987. The molecule has 7 heteroatoms.